The van der Waals surface area contributed by atoms with Crippen LogP contribution in [0.5, 0.6) is 0 Å². The topological polar surface area (TPSA) is 114 Å². The molecule has 1 aliphatic heterocycles. The van der Waals surface area contributed by atoms with Crippen LogP contribution in [0.4, 0.5) is 15.8 Å². The third-order valence-electron chi connectivity index (χ3n) is 4.77. The number of esters is 1. The number of sulfone groups is 1. The van der Waals surface area contributed by atoms with Gasteiger partial charge in [-0.1, -0.05) is 12.1 Å². The van der Waals surface area contributed by atoms with Gasteiger partial charge in [0.1, 0.15) is 22.5 Å². The monoisotopic (exact) mass is 459 g/mol. The number of carbonyl (C=O) groups excluding carboxylic acids is 2. The number of hydrogen-bond donors (Lipinski definition) is 2. The Hall–Kier alpha value is -3.53. The summed E-state index contributed by atoms with van der Waals surface area (Å²) in [7, 11) is -4.12. The molecule has 2 N–H and O–H groups in total. The van der Waals surface area contributed by atoms with Gasteiger partial charge in [0.25, 0.3) is 0 Å². The lowest BCUT2D eigenvalue weighted by molar-refractivity contribution is -0.137. The lowest BCUT2D eigenvalue weighted by atomic mass is 10.2. The van der Waals surface area contributed by atoms with E-state index < -0.39 is 32.8 Å². The highest BCUT2D eigenvalue weighted by atomic mass is 32.2. The molecule has 0 bridgehead atoms. The number of fused-ring (bicyclic) bond motifs is 1. The summed E-state index contributed by atoms with van der Waals surface area (Å²) < 4.78 is 44.0. The molecule has 2 aromatic rings. The van der Waals surface area contributed by atoms with E-state index in [9.17, 15) is 22.4 Å². The predicted octanol–water partition coefficient (Wildman–Crippen LogP) is 3.10. The lowest BCUT2D eigenvalue weighted by Crippen LogP contribution is -2.43. The van der Waals surface area contributed by atoms with Crippen LogP contribution < -0.4 is 10.6 Å². The molecule has 0 saturated carbocycles. The van der Waals surface area contributed by atoms with E-state index >= 15 is 0 Å². The maximum Gasteiger partial charge on any atom is 0.343 e. The normalized spacial score (nSPS) is 14.4. The predicted molar refractivity (Wildman–Crippen MR) is 118 cm³/mol. The Balaban J connectivity index is 1.98. The van der Waals surface area contributed by atoms with E-state index in [0.29, 0.717) is 17.1 Å². The third kappa shape index (κ3) is 4.70. The lowest BCUT2D eigenvalue weighted by Gasteiger charge is -2.16. The van der Waals surface area contributed by atoms with Crippen molar-refractivity contribution in [3.63, 3.8) is 0 Å². The molecule has 8 nitrogen and oxygen atoms in total. The Bertz CT molecular complexity index is 1220. The fourth-order valence-electron chi connectivity index (χ4n) is 3.03. The van der Waals surface area contributed by atoms with Gasteiger partial charge in [0.2, 0.25) is 5.91 Å². The number of nitrogens with one attached hydrogen (secondary N) is 2. The molecule has 0 aliphatic carbocycles. The fraction of sp³-hybridized carbons (Fsp3) is 0.227. The number of halogens is 1. The van der Waals surface area contributed by atoms with Gasteiger partial charge in [0.15, 0.2) is 9.84 Å². The first-order valence-corrected chi connectivity index (χ1v) is 11.3. The van der Waals surface area contributed by atoms with Gasteiger partial charge >= 0.3 is 5.97 Å². The van der Waals surface area contributed by atoms with Crippen molar-refractivity contribution in [3.05, 3.63) is 65.6 Å². The van der Waals surface area contributed by atoms with Crippen molar-refractivity contribution in [2.45, 2.75) is 30.9 Å². The van der Waals surface area contributed by atoms with Gasteiger partial charge in [-0.25, -0.2) is 22.6 Å². The zero-order valence-corrected chi connectivity index (χ0v) is 18.5. The molecule has 0 aromatic heterocycles. The molecule has 1 unspecified atom stereocenters. The van der Waals surface area contributed by atoms with Gasteiger partial charge in [0.05, 0.1) is 22.9 Å². The minimum Gasteiger partial charge on any atom is -0.462 e. The minimum atomic E-state index is -4.12. The first-order chi connectivity index (χ1) is 15.1. The maximum atomic E-state index is 13.2. The second-order valence-corrected chi connectivity index (χ2v) is 9.22. The fourth-order valence-corrected chi connectivity index (χ4v) is 4.29. The van der Waals surface area contributed by atoms with E-state index in [1.54, 1.807) is 38.1 Å². The zero-order valence-electron chi connectivity index (χ0n) is 17.7. The van der Waals surface area contributed by atoms with E-state index in [1.807, 2.05) is 0 Å². The average Bonchev–Trinajstić information content (AvgIpc) is 2.88. The number of amides is 1. The van der Waals surface area contributed by atoms with E-state index in [-0.39, 0.29) is 22.9 Å². The maximum absolute atomic E-state index is 13.2. The molecule has 0 saturated heterocycles. The van der Waals surface area contributed by atoms with Gasteiger partial charge < -0.3 is 15.4 Å². The Kier molecular flexibility index (Phi) is 6.73. The summed E-state index contributed by atoms with van der Waals surface area (Å²) in [6, 6.07) is 11.1. The molecule has 3 rings (SSSR count). The smallest absolute Gasteiger partial charge is 0.343 e. The molecule has 32 heavy (non-hydrogen) atoms. The third-order valence-corrected chi connectivity index (χ3v) is 6.84. The summed E-state index contributed by atoms with van der Waals surface area (Å²) >= 11 is 0. The number of benzene rings is 2. The first-order valence-electron chi connectivity index (χ1n) is 9.78. The largest absolute Gasteiger partial charge is 0.462 e. The van der Waals surface area contributed by atoms with Crippen molar-refractivity contribution in [2.24, 2.45) is 4.99 Å². The van der Waals surface area contributed by atoms with E-state index in [0.717, 1.165) is 24.3 Å². The van der Waals surface area contributed by atoms with E-state index in [2.05, 4.69) is 15.6 Å². The molecule has 1 atom stereocenters. The summed E-state index contributed by atoms with van der Waals surface area (Å²) in [6.07, 6.45) is 0. The van der Waals surface area contributed by atoms with Gasteiger partial charge in [0, 0.05) is 5.70 Å². The number of ether oxygens (including phenoxy) is 1. The first kappa shape index (κ1) is 23.1. The summed E-state index contributed by atoms with van der Waals surface area (Å²) in [5.74, 6) is -2.36. The number of hydrogen-bond acceptors (Lipinski definition) is 7. The van der Waals surface area contributed by atoms with Crippen molar-refractivity contribution in [3.8, 4) is 0 Å². The van der Waals surface area contributed by atoms with Gasteiger partial charge in [-0.05, 0) is 57.2 Å². The van der Waals surface area contributed by atoms with Gasteiger partial charge in [-0.2, -0.15) is 0 Å². The van der Waals surface area contributed by atoms with Crippen LogP contribution in [-0.4, -0.2) is 38.0 Å². The van der Waals surface area contributed by atoms with Crippen LogP contribution in [0.15, 0.2) is 69.7 Å². The number of amidine groups is 1. The highest BCUT2D eigenvalue weighted by Crippen LogP contribution is 2.30. The molecule has 10 heteroatoms. The molecular weight excluding hydrogens is 437 g/mol. The number of para-hydroxylation sites is 2. The zero-order chi connectivity index (χ0) is 23.5. The van der Waals surface area contributed by atoms with Crippen LogP contribution in [0, 0.1) is 5.82 Å². The number of nitrogens with zero attached hydrogens (tertiary/aromatic N) is 1. The number of aliphatic imine (C=N–C) groups is 1. The van der Waals surface area contributed by atoms with E-state index in [1.165, 1.54) is 6.92 Å². The number of carbonyl (C=O) groups is 2. The standard InChI is InChI=1S/C22H22FN3O5S/c1-4-31-22(28)19-13(2)24-17-7-5-6-8-18(17)25-20(19)26-21(27)14(3)32(29,30)16-11-9-15(23)10-12-16/h5-12,14,24H,4H2,1-3H3,(H,25,26,27). The second kappa shape index (κ2) is 9.31. The van der Waals surface area contributed by atoms with Crippen molar-refractivity contribution in [1.29, 1.82) is 0 Å². The Morgan fingerprint density at radius 1 is 1.16 bits per heavy atom. The Morgan fingerprint density at radius 2 is 1.81 bits per heavy atom. The van der Waals surface area contributed by atoms with Crippen molar-refractivity contribution in [2.75, 3.05) is 11.9 Å². The molecule has 2 aromatic carbocycles. The highest BCUT2D eigenvalue weighted by Gasteiger charge is 2.33. The molecule has 1 heterocycles. The second-order valence-electron chi connectivity index (χ2n) is 6.95. The van der Waals surface area contributed by atoms with Crippen LogP contribution >= 0.6 is 0 Å². The van der Waals surface area contributed by atoms with Crippen LogP contribution in [-0.2, 0) is 24.2 Å². The van der Waals surface area contributed by atoms with Crippen molar-refractivity contribution in [1.82, 2.24) is 5.32 Å². The van der Waals surface area contributed by atoms with Crippen molar-refractivity contribution < 1.29 is 27.1 Å². The Labute approximate surface area is 185 Å². The van der Waals surface area contributed by atoms with Gasteiger partial charge in [-0.15, -0.1) is 0 Å². The number of rotatable bonds is 5. The van der Waals surface area contributed by atoms with Crippen molar-refractivity contribution >= 4 is 38.9 Å². The summed E-state index contributed by atoms with van der Waals surface area (Å²) in [4.78, 5) is 29.7. The van der Waals surface area contributed by atoms with Crippen LogP contribution in [0.2, 0.25) is 0 Å². The van der Waals surface area contributed by atoms with Crippen LogP contribution in [0.1, 0.15) is 20.8 Å². The molecule has 1 amide bonds. The molecule has 1 aliphatic rings. The SMILES string of the molecule is CCOC(=O)C1=C(C)Nc2ccccc2N=C1NC(=O)C(C)S(=O)(=O)c1ccc(F)cc1. The summed E-state index contributed by atoms with van der Waals surface area (Å²) in [6.45, 7) is 4.56. The number of anilines is 1. The van der Waals surface area contributed by atoms with Gasteiger partial charge in [-0.3, -0.25) is 4.79 Å². The summed E-state index contributed by atoms with van der Waals surface area (Å²) in [5, 5.41) is 3.99. The summed E-state index contributed by atoms with van der Waals surface area (Å²) in [5.41, 5.74) is 1.39. The molecule has 168 valence electrons. The molecule has 0 fully saturated rings. The highest BCUT2D eigenvalue weighted by molar-refractivity contribution is 7.92. The molecule has 0 radical (unpaired) electrons. The minimum absolute atomic E-state index is 0.0252. The van der Waals surface area contributed by atoms with Crippen LogP contribution in [0.25, 0.3) is 0 Å². The quantitative estimate of drug-likeness (QED) is 0.525. The molecular formula is C22H22FN3O5S. The van der Waals surface area contributed by atoms with Crippen LogP contribution in [0.3, 0.4) is 0 Å². The number of allylic oxidation sites excluding steroid dienone is 1. The molecule has 0 spiro atoms. The Morgan fingerprint density at radius 3 is 2.47 bits per heavy atom. The van der Waals surface area contributed by atoms with E-state index in [4.69, 9.17) is 4.74 Å². The average molecular weight is 459 g/mol.